The summed E-state index contributed by atoms with van der Waals surface area (Å²) in [5.74, 6) is 0. The summed E-state index contributed by atoms with van der Waals surface area (Å²) in [5, 5.41) is 0. The molecule has 0 saturated heterocycles. The van der Waals surface area contributed by atoms with Crippen LogP contribution in [0.4, 0.5) is 26.3 Å². The largest absolute Gasteiger partial charge is 0.416 e. The van der Waals surface area contributed by atoms with E-state index in [0.717, 1.165) is 0 Å². The van der Waals surface area contributed by atoms with Crippen LogP contribution in [0.25, 0.3) is 0 Å². The number of alkyl halides is 6. The first-order chi connectivity index (χ1) is 8.50. The van der Waals surface area contributed by atoms with Crippen LogP contribution in [0.3, 0.4) is 0 Å². The summed E-state index contributed by atoms with van der Waals surface area (Å²) >= 11 is 0. The monoisotopic (exact) mass is 286 g/mol. The Kier molecular flexibility index (Phi) is 4.50. The number of hydrogen-bond acceptors (Lipinski definition) is 1. The van der Waals surface area contributed by atoms with Crippen molar-refractivity contribution in [2.24, 2.45) is 0 Å². The third-order valence-electron chi connectivity index (χ3n) is 2.23. The van der Waals surface area contributed by atoms with Crippen LogP contribution >= 0.6 is 0 Å². The molecule has 108 valence electrons. The molecule has 0 atom stereocenters. The molecule has 0 N–H and O–H groups in total. The topological polar surface area (TPSA) is 9.23 Å². The molecule has 0 spiro atoms. The van der Waals surface area contributed by atoms with Gasteiger partial charge in [-0.15, -0.1) is 0 Å². The van der Waals surface area contributed by atoms with Crippen molar-refractivity contribution in [2.75, 3.05) is 0 Å². The van der Waals surface area contributed by atoms with Crippen LogP contribution in [-0.2, 0) is 23.7 Å². The zero-order valence-corrected chi connectivity index (χ0v) is 10.2. The van der Waals surface area contributed by atoms with Gasteiger partial charge in [0.1, 0.15) is 0 Å². The Morgan fingerprint density at radius 2 is 1.32 bits per heavy atom. The molecular formula is C12H12F6O. The molecule has 19 heavy (non-hydrogen) atoms. The second kappa shape index (κ2) is 5.40. The molecule has 0 aromatic heterocycles. The van der Waals surface area contributed by atoms with Gasteiger partial charge >= 0.3 is 12.4 Å². The molecular weight excluding hydrogens is 274 g/mol. The maximum absolute atomic E-state index is 12.5. The third-order valence-corrected chi connectivity index (χ3v) is 2.23. The average Bonchev–Trinajstić information content (AvgIpc) is 2.23. The van der Waals surface area contributed by atoms with Crippen LogP contribution in [0, 0.1) is 0 Å². The van der Waals surface area contributed by atoms with E-state index < -0.39 is 23.5 Å². The third kappa shape index (κ3) is 4.74. The lowest BCUT2D eigenvalue weighted by Gasteiger charge is -2.15. The summed E-state index contributed by atoms with van der Waals surface area (Å²) in [6, 6.07) is 1.42. The second-order valence-corrected chi connectivity index (χ2v) is 4.27. The van der Waals surface area contributed by atoms with Gasteiger partial charge in [-0.05, 0) is 37.6 Å². The lowest BCUT2D eigenvalue weighted by atomic mass is 10.1. The van der Waals surface area contributed by atoms with Crippen molar-refractivity contribution < 1.29 is 31.1 Å². The molecule has 0 aliphatic rings. The van der Waals surface area contributed by atoms with E-state index in [1.54, 1.807) is 13.8 Å². The maximum atomic E-state index is 12.5. The molecule has 0 bridgehead atoms. The van der Waals surface area contributed by atoms with E-state index in [2.05, 4.69) is 0 Å². The van der Waals surface area contributed by atoms with Gasteiger partial charge in [0.2, 0.25) is 0 Å². The fourth-order valence-corrected chi connectivity index (χ4v) is 1.37. The van der Waals surface area contributed by atoms with E-state index >= 15 is 0 Å². The molecule has 1 aromatic carbocycles. The fourth-order valence-electron chi connectivity index (χ4n) is 1.37. The Balaban J connectivity index is 3.17. The molecule has 7 heteroatoms. The van der Waals surface area contributed by atoms with Gasteiger partial charge in [0, 0.05) is 0 Å². The molecule has 0 radical (unpaired) electrons. The number of halogens is 6. The molecule has 0 heterocycles. The molecule has 1 aromatic rings. The number of rotatable bonds is 3. The Hall–Kier alpha value is -1.24. The Morgan fingerprint density at radius 3 is 1.63 bits per heavy atom. The summed E-state index contributed by atoms with van der Waals surface area (Å²) < 4.78 is 80.2. The minimum atomic E-state index is -4.83. The van der Waals surface area contributed by atoms with E-state index in [4.69, 9.17) is 4.74 Å². The molecule has 0 amide bonds. The zero-order chi connectivity index (χ0) is 14.8. The second-order valence-electron chi connectivity index (χ2n) is 4.27. The highest BCUT2D eigenvalue weighted by Crippen LogP contribution is 2.36. The normalized spacial score (nSPS) is 13.1. The van der Waals surface area contributed by atoms with Crippen molar-refractivity contribution in [3.63, 3.8) is 0 Å². The standard InChI is InChI=1S/C12H12F6O/c1-7(2)19-6-8-3-9(11(13,14)15)5-10(4-8)12(16,17)18/h3-5,7H,6H2,1-2H3. The predicted octanol–water partition coefficient (Wildman–Crippen LogP) is 4.65. The van der Waals surface area contributed by atoms with Crippen molar-refractivity contribution in [1.29, 1.82) is 0 Å². The summed E-state index contributed by atoms with van der Waals surface area (Å²) in [6.45, 7) is 2.97. The van der Waals surface area contributed by atoms with Crippen molar-refractivity contribution in [1.82, 2.24) is 0 Å². The zero-order valence-electron chi connectivity index (χ0n) is 10.2. The SMILES string of the molecule is CC(C)OCc1cc(C(F)(F)F)cc(C(F)(F)F)c1. The summed E-state index contributed by atoms with van der Waals surface area (Å²) in [6.07, 6.45) is -9.94. The summed E-state index contributed by atoms with van der Waals surface area (Å²) in [4.78, 5) is 0. The van der Waals surface area contributed by atoms with Crippen molar-refractivity contribution in [3.8, 4) is 0 Å². The first-order valence-corrected chi connectivity index (χ1v) is 5.40. The lowest BCUT2D eigenvalue weighted by molar-refractivity contribution is -0.143. The van der Waals surface area contributed by atoms with Gasteiger partial charge in [-0.2, -0.15) is 26.3 Å². The highest BCUT2D eigenvalue weighted by Gasteiger charge is 2.36. The van der Waals surface area contributed by atoms with Crippen molar-refractivity contribution in [2.45, 2.75) is 38.9 Å². The Bertz CT molecular complexity index is 401. The Labute approximate surface area is 106 Å². The first kappa shape index (κ1) is 15.8. The van der Waals surface area contributed by atoms with Gasteiger partial charge in [0.05, 0.1) is 23.8 Å². The van der Waals surface area contributed by atoms with Gasteiger partial charge in [-0.25, -0.2) is 0 Å². The molecule has 0 unspecified atom stereocenters. The van der Waals surface area contributed by atoms with Gasteiger partial charge in [0.25, 0.3) is 0 Å². The van der Waals surface area contributed by atoms with Crippen LogP contribution in [0.2, 0.25) is 0 Å². The molecule has 1 rings (SSSR count). The Morgan fingerprint density at radius 1 is 0.895 bits per heavy atom. The lowest BCUT2D eigenvalue weighted by Crippen LogP contribution is -2.12. The number of hydrogen-bond donors (Lipinski definition) is 0. The van der Waals surface area contributed by atoms with Crippen LogP contribution < -0.4 is 0 Å². The molecule has 0 fully saturated rings. The van der Waals surface area contributed by atoms with Crippen LogP contribution in [0.1, 0.15) is 30.5 Å². The van der Waals surface area contributed by atoms with E-state index in [0.29, 0.717) is 12.1 Å². The quantitative estimate of drug-likeness (QED) is 0.735. The van der Waals surface area contributed by atoms with Gasteiger partial charge in [0.15, 0.2) is 0 Å². The van der Waals surface area contributed by atoms with E-state index in [9.17, 15) is 26.3 Å². The summed E-state index contributed by atoms with van der Waals surface area (Å²) in [5.41, 5.74) is -2.81. The first-order valence-electron chi connectivity index (χ1n) is 5.40. The summed E-state index contributed by atoms with van der Waals surface area (Å²) in [7, 11) is 0. The number of ether oxygens (including phenoxy) is 1. The molecule has 1 nitrogen and oxygen atoms in total. The van der Waals surface area contributed by atoms with E-state index in [1.165, 1.54) is 0 Å². The smallest absolute Gasteiger partial charge is 0.374 e. The van der Waals surface area contributed by atoms with Crippen LogP contribution in [-0.4, -0.2) is 6.10 Å². The molecule has 0 saturated carbocycles. The van der Waals surface area contributed by atoms with Crippen LogP contribution in [0.5, 0.6) is 0 Å². The van der Waals surface area contributed by atoms with E-state index in [1.807, 2.05) is 0 Å². The van der Waals surface area contributed by atoms with Crippen molar-refractivity contribution in [3.05, 3.63) is 34.9 Å². The van der Waals surface area contributed by atoms with E-state index in [-0.39, 0.29) is 24.3 Å². The van der Waals surface area contributed by atoms with Gasteiger partial charge < -0.3 is 4.74 Å². The van der Waals surface area contributed by atoms with Gasteiger partial charge in [-0.3, -0.25) is 0 Å². The molecule has 0 aliphatic heterocycles. The fraction of sp³-hybridized carbons (Fsp3) is 0.500. The predicted molar refractivity (Wildman–Crippen MR) is 56.4 cm³/mol. The van der Waals surface area contributed by atoms with Crippen molar-refractivity contribution >= 4 is 0 Å². The average molecular weight is 286 g/mol. The highest BCUT2D eigenvalue weighted by atomic mass is 19.4. The molecule has 0 aliphatic carbocycles. The minimum Gasteiger partial charge on any atom is -0.374 e. The highest BCUT2D eigenvalue weighted by molar-refractivity contribution is 5.33. The van der Waals surface area contributed by atoms with Gasteiger partial charge in [-0.1, -0.05) is 0 Å². The maximum Gasteiger partial charge on any atom is 0.416 e. The van der Waals surface area contributed by atoms with Crippen LogP contribution in [0.15, 0.2) is 18.2 Å². The minimum absolute atomic E-state index is 0.0961. The number of benzene rings is 1.